The van der Waals surface area contributed by atoms with E-state index in [9.17, 15) is 43.2 Å². The second-order valence-electron chi connectivity index (χ2n) is 31.6. The lowest BCUT2D eigenvalue weighted by molar-refractivity contribution is -0.161. The van der Waals surface area contributed by atoms with E-state index in [2.05, 4.69) is 41.5 Å². The van der Waals surface area contributed by atoms with Gasteiger partial charge in [-0.05, 0) is 37.5 Å². The van der Waals surface area contributed by atoms with Gasteiger partial charge in [0.15, 0.2) is 12.2 Å². The summed E-state index contributed by atoms with van der Waals surface area (Å²) in [6, 6.07) is 0. The molecular weight excluding hydrogens is 1370 g/mol. The highest BCUT2D eigenvalue weighted by Crippen LogP contribution is 2.45. The number of carbonyl (C=O) groups is 4. The predicted octanol–water partition coefficient (Wildman–Crippen LogP) is 26.2. The molecule has 105 heavy (non-hydrogen) atoms. The summed E-state index contributed by atoms with van der Waals surface area (Å²) in [5, 5.41) is 10.7. The molecule has 19 heteroatoms. The molecule has 0 saturated heterocycles. The molecule has 624 valence electrons. The maximum atomic E-state index is 13.1. The molecule has 6 atom stereocenters. The fraction of sp³-hybridized carbons (Fsp3) is 0.953. The van der Waals surface area contributed by atoms with Crippen molar-refractivity contribution < 1.29 is 80.2 Å². The van der Waals surface area contributed by atoms with Crippen molar-refractivity contribution in [2.24, 2.45) is 11.8 Å². The van der Waals surface area contributed by atoms with Crippen LogP contribution >= 0.6 is 15.6 Å². The lowest BCUT2D eigenvalue weighted by Gasteiger charge is -2.21. The third kappa shape index (κ3) is 78.5. The summed E-state index contributed by atoms with van der Waals surface area (Å²) in [5.74, 6) is -0.566. The third-order valence-electron chi connectivity index (χ3n) is 20.6. The minimum atomic E-state index is -4.97. The molecular formula is C86H168O17P2. The second-order valence-corrected chi connectivity index (χ2v) is 34.6. The number of esters is 4. The standard InChI is InChI=1S/C86H168O17P2/c1-7-10-12-14-16-18-20-22-24-26-27-28-30-34-39-43-47-51-59-64-70-85(90)102-81(74-96-83(88)68-62-56-49-45-41-37-35-31-32-36-40-44-48-54-60-66-78(4)5)76-100-104(92,93)98-72-80(87)73-99-105(94,95)101-77-82(75-97-84(89)69-63-57-53-52-55-61-67-79(6)9-3)103-86(91)71-65-58-50-46-42-38-33-29-25-23-21-19-17-15-13-11-8-2/h78-82,87H,7-77H2,1-6H3,(H,92,93)(H,94,95)/t79?,80-,81-,82-/m1/s1. The molecule has 0 aliphatic carbocycles. The van der Waals surface area contributed by atoms with Crippen LogP contribution in [0.5, 0.6) is 0 Å². The summed E-state index contributed by atoms with van der Waals surface area (Å²) in [5.41, 5.74) is 0. The molecule has 0 aliphatic heterocycles. The normalized spacial score (nSPS) is 14.1. The molecule has 0 bridgehead atoms. The first-order valence-electron chi connectivity index (χ1n) is 44.5. The number of unbranched alkanes of at least 4 members (excludes halogenated alkanes) is 54. The van der Waals surface area contributed by atoms with Gasteiger partial charge in [0.05, 0.1) is 26.4 Å². The van der Waals surface area contributed by atoms with Gasteiger partial charge in [-0.1, -0.05) is 408 Å². The Morgan fingerprint density at radius 2 is 0.486 bits per heavy atom. The average Bonchev–Trinajstić information content (AvgIpc) is 0.924. The Labute approximate surface area is 645 Å². The van der Waals surface area contributed by atoms with Crippen LogP contribution in [0.4, 0.5) is 0 Å². The van der Waals surface area contributed by atoms with Gasteiger partial charge < -0.3 is 33.8 Å². The van der Waals surface area contributed by atoms with Gasteiger partial charge >= 0.3 is 39.5 Å². The van der Waals surface area contributed by atoms with Crippen LogP contribution in [-0.2, 0) is 65.4 Å². The molecule has 0 aromatic heterocycles. The van der Waals surface area contributed by atoms with Gasteiger partial charge in [0.1, 0.15) is 19.3 Å². The number of phosphoric ester groups is 2. The maximum Gasteiger partial charge on any atom is 0.472 e. The van der Waals surface area contributed by atoms with E-state index in [1.807, 2.05) is 0 Å². The van der Waals surface area contributed by atoms with Crippen LogP contribution in [0.15, 0.2) is 0 Å². The summed E-state index contributed by atoms with van der Waals surface area (Å²) >= 11 is 0. The zero-order chi connectivity index (χ0) is 77.1. The van der Waals surface area contributed by atoms with Crippen molar-refractivity contribution in [2.45, 2.75) is 477 Å². The van der Waals surface area contributed by atoms with Gasteiger partial charge in [-0.15, -0.1) is 0 Å². The van der Waals surface area contributed by atoms with Crippen molar-refractivity contribution in [1.82, 2.24) is 0 Å². The van der Waals surface area contributed by atoms with Crippen LogP contribution in [0, 0.1) is 11.8 Å². The highest BCUT2D eigenvalue weighted by atomic mass is 31.2. The van der Waals surface area contributed by atoms with E-state index in [0.717, 1.165) is 108 Å². The van der Waals surface area contributed by atoms with E-state index < -0.39 is 97.5 Å². The first-order valence-corrected chi connectivity index (χ1v) is 47.5. The molecule has 0 radical (unpaired) electrons. The quantitative estimate of drug-likeness (QED) is 0.0222. The van der Waals surface area contributed by atoms with E-state index in [0.29, 0.717) is 25.7 Å². The van der Waals surface area contributed by atoms with E-state index in [1.165, 1.54) is 270 Å². The molecule has 17 nitrogen and oxygen atoms in total. The Morgan fingerprint density at radius 1 is 0.276 bits per heavy atom. The summed E-state index contributed by atoms with van der Waals surface area (Å²) in [6.45, 7) is 9.66. The predicted molar refractivity (Wildman–Crippen MR) is 432 cm³/mol. The molecule has 0 aromatic carbocycles. The summed E-state index contributed by atoms with van der Waals surface area (Å²) in [6.07, 6.45) is 69.5. The Bertz CT molecular complexity index is 2010. The number of aliphatic hydroxyl groups excluding tert-OH is 1. The Kier molecular flexibility index (Phi) is 76.0. The highest BCUT2D eigenvalue weighted by Gasteiger charge is 2.30. The molecule has 0 spiro atoms. The number of aliphatic hydroxyl groups is 1. The fourth-order valence-corrected chi connectivity index (χ4v) is 15.0. The van der Waals surface area contributed by atoms with Crippen molar-refractivity contribution in [3.63, 3.8) is 0 Å². The minimum absolute atomic E-state index is 0.108. The number of hydrogen-bond donors (Lipinski definition) is 3. The second kappa shape index (κ2) is 77.4. The van der Waals surface area contributed by atoms with Gasteiger partial charge in [-0.25, -0.2) is 9.13 Å². The summed E-state index contributed by atoms with van der Waals surface area (Å²) < 4.78 is 68.9. The SMILES string of the molecule is CCCCCCCCCCCCCCCCCCCCCCC(=O)O[C@H](COC(=O)CCCCCCCCCCCCCCCCCC(C)C)COP(=O)(O)OC[C@@H](O)COP(=O)(O)OC[C@@H](COC(=O)CCCCCCCCC(C)CC)OC(=O)CCCCCCCCCCCCCCCCCCC. The van der Waals surface area contributed by atoms with Crippen molar-refractivity contribution in [1.29, 1.82) is 0 Å². The topological polar surface area (TPSA) is 237 Å². The van der Waals surface area contributed by atoms with Crippen LogP contribution in [0.1, 0.15) is 459 Å². The van der Waals surface area contributed by atoms with Crippen LogP contribution < -0.4 is 0 Å². The van der Waals surface area contributed by atoms with Crippen molar-refractivity contribution in [2.75, 3.05) is 39.6 Å². The Balaban J connectivity index is 5.23. The molecule has 0 saturated carbocycles. The largest absolute Gasteiger partial charge is 0.472 e. The lowest BCUT2D eigenvalue weighted by atomic mass is 10.00. The van der Waals surface area contributed by atoms with Crippen LogP contribution in [0.25, 0.3) is 0 Å². The zero-order valence-corrected chi connectivity index (χ0v) is 70.8. The smallest absolute Gasteiger partial charge is 0.462 e. The molecule has 0 rings (SSSR count). The minimum Gasteiger partial charge on any atom is -0.462 e. The van der Waals surface area contributed by atoms with E-state index in [-0.39, 0.29) is 25.7 Å². The van der Waals surface area contributed by atoms with Crippen LogP contribution in [0.2, 0.25) is 0 Å². The summed E-state index contributed by atoms with van der Waals surface area (Å²) in [7, 11) is -9.93. The molecule has 0 aliphatic rings. The molecule has 3 unspecified atom stereocenters. The number of ether oxygens (including phenoxy) is 4. The van der Waals surface area contributed by atoms with Crippen LogP contribution in [0.3, 0.4) is 0 Å². The Hall–Kier alpha value is -1.94. The van der Waals surface area contributed by atoms with Gasteiger partial charge in [0, 0.05) is 25.7 Å². The third-order valence-corrected chi connectivity index (χ3v) is 22.5. The average molecular weight is 1540 g/mol. The monoisotopic (exact) mass is 1540 g/mol. The van der Waals surface area contributed by atoms with Crippen molar-refractivity contribution >= 4 is 39.5 Å². The van der Waals surface area contributed by atoms with Gasteiger partial charge in [-0.2, -0.15) is 0 Å². The number of carbonyl (C=O) groups excluding carboxylic acids is 4. The van der Waals surface area contributed by atoms with Gasteiger partial charge in [-0.3, -0.25) is 37.3 Å². The maximum absolute atomic E-state index is 13.1. The van der Waals surface area contributed by atoms with Gasteiger partial charge in [0.2, 0.25) is 0 Å². The molecule has 0 aromatic rings. The molecule has 3 N–H and O–H groups in total. The molecule has 0 fully saturated rings. The zero-order valence-electron chi connectivity index (χ0n) is 69.0. The number of rotatable bonds is 85. The molecule has 0 heterocycles. The van der Waals surface area contributed by atoms with Crippen molar-refractivity contribution in [3.8, 4) is 0 Å². The first-order chi connectivity index (χ1) is 50.9. The lowest BCUT2D eigenvalue weighted by Crippen LogP contribution is -2.30. The number of phosphoric acid groups is 2. The summed E-state index contributed by atoms with van der Waals surface area (Å²) in [4.78, 5) is 73.2. The van der Waals surface area contributed by atoms with E-state index in [1.54, 1.807) is 0 Å². The number of hydrogen-bond acceptors (Lipinski definition) is 15. The van der Waals surface area contributed by atoms with E-state index in [4.69, 9.17) is 37.0 Å². The van der Waals surface area contributed by atoms with E-state index >= 15 is 0 Å². The fourth-order valence-electron chi connectivity index (χ4n) is 13.4. The molecule has 0 amide bonds. The van der Waals surface area contributed by atoms with Crippen molar-refractivity contribution in [3.05, 3.63) is 0 Å². The first kappa shape index (κ1) is 103. The Morgan fingerprint density at radius 3 is 0.724 bits per heavy atom. The van der Waals surface area contributed by atoms with Gasteiger partial charge in [0.25, 0.3) is 0 Å². The van der Waals surface area contributed by atoms with Crippen LogP contribution in [-0.4, -0.2) is 96.7 Å². The highest BCUT2D eigenvalue weighted by molar-refractivity contribution is 7.47.